The summed E-state index contributed by atoms with van der Waals surface area (Å²) in [5.74, 6) is 0.650. The van der Waals surface area contributed by atoms with Crippen LogP contribution >= 0.6 is 11.8 Å². The maximum absolute atomic E-state index is 12.6. The van der Waals surface area contributed by atoms with Crippen molar-refractivity contribution >= 4 is 27.7 Å². The molecule has 2 aromatic carbocycles. The van der Waals surface area contributed by atoms with Gasteiger partial charge in [0.25, 0.3) is 0 Å². The summed E-state index contributed by atoms with van der Waals surface area (Å²) in [7, 11) is -0.430. The largest absolute Gasteiger partial charge is 0.357 e. The van der Waals surface area contributed by atoms with Crippen molar-refractivity contribution in [2.24, 2.45) is 4.99 Å². The molecule has 2 rings (SSSR count). The second-order valence-corrected chi connectivity index (χ2v) is 9.73. The second kappa shape index (κ2) is 10.7. The predicted molar refractivity (Wildman–Crippen MR) is 122 cm³/mol. The van der Waals surface area contributed by atoms with Gasteiger partial charge in [-0.2, -0.15) is 0 Å². The highest BCUT2D eigenvalue weighted by Crippen LogP contribution is 2.22. The van der Waals surface area contributed by atoms with Crippen LogP contribution in [0.1, 0.15) is 23.6 Å². The van der Waals surface area contributed by atoms with Gasteiger partial charge in [-0.3, -0.25) is 0 Å². The van der Waals surface area contributed by atoms with Crippen LogP contribution in [0.25, 0.3) is 0 Å². The molecule has 2 aromatic rings. The van der Waals surface area contributed by atoms with Crippen molar-refractivity contribution in [3.8, 4) is 0 Å². The highest BCUT2D eigenvalue weighted by Gasteiger charge is 2.20. The van der Waals surface area contributed by atoms with E-state index in [2.05, 4.69) is 47.0 Å². The predicted octanol–water partition coefficient (Wildman–Crippen LogP) is 3.22. The summed E-state index contributed by atoms with van der Waals surface area (Å²) in [6.45, 7) is 5.70. The van der Waals surface area contributed by atoms with Crippen molar-refractivity contribution in [2.45, 2.75) is 36.7 Å². The van der Waals surface area contributed by atoms with E-state index >= 15 is 0 Å². The Bertz CT molecular complexity index is 957. The van der Waals surface area contributed by atoms with Gasteiger partial charge in [0.2, 0.25) is 10.0 Å². The van der Waals surface area contributed by atoms with E-state index in [0.29, 0.717) is 36.1 Å². The first-order valence-corrected chi connectivity index (χ1v) is 12.1. The normalized spacial score (nSPS) is 12.3. The van der Waals surface area contributed by atoms with Gasteiger partial charge in [0.15, 0.2) is 5.96 Å². The Kier molecular flexibility index (Phi) is 8.55. The van der Waals surface area contributed by atoms with E-state index in [1.54, 1.807) is 23.9 Å². The molecule has 158 valence electrons. The first-order valence-electron chi connectivity index (χ1n) is 9.45. The molecule has 29 heavy (non-hydrogen) atoms. The molecule has 0 saturated carbocycles. The van der Waals surface area contributed by atoms with Gasteiger partial charge in [0.05, 0.1) is 11.4 Å². The van der Waals surface area contributed by atoms with Crippen LogP contribution in [0.3, 0.4) is 0 Å². The van der Waals surface area contributed by atoms with Crippen LogP contribution in [-0.2, 0) is 23.1 Å². The lowest BCUT2D eigenvalue weighted by Gasteiger charge is -2.17. The Morgan fingerprint density at radius 2 is 1.83 bits per heavy atom. The van der Waals surface area contributed by atoms with E-state index in [0.717, 1.165) is 5.56 Å². The van der Waals surface area contributed by atoms with Crippen LogP contribution in [0.15, 0.2) is 57.2 Å². The highest BCUT2D eigenvalue weighted by molar-refractivity contribution is 7.98. The minimum Gasteiger partial charge on any atom is -0.357 e. The van der Waals surface area contributed by atoms with Gasteiger partial charge in [-0.05, 0) is 48.9 Å². The molecular formula is C21H30N4O2S2. The van der Waals surface area contributed by atoms with Crippen LogP contribution in [0.4, 0.5) is 0 Å². The quantitative estimate of drug-likeness (QED) is 0.379. The Balaban J connectivity index is 2.20. The van der Waals surface area contributed by atoms with Crippen LogP contribution < -0.4 is 10.6 Å². The van der Waals surface area contributed by atoms with Gasteiger partial charge in [-0.1, -0.05) is 30.3 Å². The fraction of sp³-hybridized carbons (Fsp3) is 0.381. The number of hydrogen-bond donors (Lipinski definition) is 2. The topological polar surface area (TPSA) is 73.8 Å². The summed E-state index contributed by atoms with van der Waals surface area (Å²) in [6, 6.07) is 13.4. The lowest BCUT2D eigenvalue weighted by atomic mass is 10.1. The summed E-state index contributed by atoms with van der Waals surface area (Å²) in [6.07, 6.45) is 2.06. The van der Waals surface area contributed by atoms with Gasteiger partial charge < -0.3 is 10.6 Å². The summed E-state index contributed by atoms with van der Waals surface area (Å²) in [4.78, 5) is 6.20. The maximum Gasteiger partial charge on any atom is 0.242 e. The molecule has 0 aliphatic rings. The molecular weight excluding hydrogens is 404 g/mol. The molecule has 0 amide bonds. The van der Waals surface area contributed by atoms with Crippen molar-refractivity contribution in [1.29, 1.82) is 0 Å². The molecule has 6 nitrogen and oxygen atoms in total. The number of benzene rings is 2. The van der Waals surface area contributed by atoms with E-state index in [4.69, 9.17) is 0 Å². The average Bonchev–Trinajstić information content (AvgIpc) is 2.70. The summed E-state index contributed by atoms with van der Waals surface area (Å²) in [5.41, 5.74) is 3.09. The van der Waals surface area contributed by atoms with Crippen molar-refractivity contribution in [1.82, 2.24) is 14.9 Å². The number of rotatable bonds is 8. The van der Waals surface area contributed by atoms with Gasteiger partial charge in [0, 0.05) is 32.1 Å². The Labute approximate surface area is 178 Å². The van der Waals surface area contributed by atoms with Crippen LogP contribution in [0, 0.1) is 6.92 Å². The number of aliphatic imine (C=N–C) groups is 1. The third kappa shape index (κ3) is 6.22. The van der Waals surface area contributed by atoms with E-state index in [1.165, 1.54) is 28.9 Å². The van der Waals surface area contributed by atoms with E-state index in [1.807, 2.05) is 19.1 Å². The zero-order valence-electron chi connectivity index (χ0n) is 17.7. The fourth-order valence-electron chi connectivity index (χ4n) is 2.77. The van der Waals surface area contributed by atoms with Crippen LogP contribution in [0.2, 0.25) is 0 Å². The van der Waals surface area contributed by atoms with Gasteiger partial charge in [0.1, 0.15) is 0 Å². The first kappa shape index (κ1) is 23.3. The average molecular weight is 435 g/mol. The first-order chi connectivity index (χ1) is 13.8. The van der Waals surface area contributed by atoms with Crippen molar-refractivity contribution in [3.63, 3.8) is 0 Å². The molecule has 0 saturated heterocycles. The third-order valence-electron chi connectivity index (χ3n) is 4.37. The van der Waals surface area contributed by atoms with E-state index in [9.17, 15) is 8.42 Å². The molecule has 0 radical (unpaired) electrons. The maximum atomic E-state index is 12.6. The number of hydrogen-bond acceptors (Lipinski definition) is 4. The summed E-state index contributed by atoms with van der Waals surface area (Å²) >= 11 is 1.71. The van der Waals surface area contributed by atoms with Gasteiger partial charge >= 0.3 is 0 Å². The van der Waals surface area contributed by atoms with Crippen molar-refractivity contribution < 1.29 is 8.42 Å². The molecule has 0 aliphatic carbocycles. The molecule has 0 atom stereocenters. The minimum atomic E-state index is -3.51. The molecule has 0 spiro atoms. The Hall–Kier alpha value is -2.03. The van der Waals surface area contributed by atoms with E-state index in [-0.39, 0.29) is 0 Å². The van der Waals surface area contributed by atoms with Crippen LogP contribution in [0.5, 0.6) is 0 Å². The zero-order chi connectivity index (χ0) is 21.4. The smallest absolute Gasteiger partial charge is 0.242 e. The molecule has 2 N–H and O–H groups in total. The second-order valence-electron chi connectivity index (χ2n) is 6.76. The molecule has 0 aromatic heterocycles. The minimum absolute atomic E-state index is 0.302. The number of nitrogens with zero attached hydrogens (tertiary/aromatic N) is 2. The summed E-state index contributed by atoms with van der Waals surface area (Å²) < 4.78 is 26.4. The SMILES string of the molecule is CCNC(=NCc1ccc(C)cc1SC)NCc1ccccc1S(=O)(=O)N(C)C. The molecule has 0 unspecified atom stereocenters. The number of aryl methyl sites for hydroxylation is 1. The number of sulfonamides is 1. The van der Waals surface area contributed by atoms with Crippen molar-refractivity contribution in [3.05, 3.63) is 59.2 Å². The third-order valence-corrected chi connectivity index (χ3v) is 7.11. The monoisotopic (exact) mass is 434 g/mol. The van der Waals surface area contributed by atoms with Gasteiger partial charge in [-0.25, -0.2) is 17.7 Å². The number of thioether (sulfide) groups is 1. The Morgan fingerprint density at radius 3 is 2.48 bits per heavy atom. The van der Waals surface area contributed by atoms with Crippen molar-refractivity contribution in [2.75, 3.05) is 26.9 Å². The van der Waals surface area contributed by atoms with Crippen LogP contribution in [-0.4, -0.2) is 45.6 Å². The lowest BCUT2D eigenvalue weighted by molar-refractivity contribution is 0.519. The molecule has 0 heterocycles. The Morgan fingerprint density at radius 1 is 1.10 bits per heavy atom. The standard InChI is InChI=1S/C21H30N4O2S2/c1-6-22-21(23-14-17-12-11-16(2)13-19(17)28-5)24-15-18-9-7-8-10-20(18)29(26,27)25(3)4/h7-13H,6,14-15H2,1-5H3,(H2,22,23,24). The number of nitrogens with one attached hydrogen (secondary N) is 2. The zero-order valence-corrected chi connectivity index (χ0v) is 19.3. The number of guanidine groups is 1. The molecule has 8 heteroatoms. The molecule has 0 aliphatic heterocycles. The van der Waals surface area contributed by atoms with Gasteiger partial charge in [-0.15, -0.1) is 11.8 Å². The highest BCUT2D eigenvalue weighted by atomic mass is 32.2. The summed E-state index contributed by atoms with van der Waals surface area (Å²) in [5, 5.41) is 6.48. The molecule has 0 fully saturated rings. The van der Waals surface area contributed by atoms with E-state index < -0.39 is 10.0 Å². The fourth-order valence-corrected chi connectivity index (χ4v) is 4.58. The molecule has 0 bridgehead atoms. The lowest BCUT2D eigenvalue weighted by Crippen LogP contribution is -2.37.